The van der Waals surface area contributed by atoms with Gasteiger partial charge in [0.15, 0.2) is 0 Å². The highest BCUT2D eigenvalue weighted by atomic mass is 32.2. The Morgan fingerprint density at radius 2 is 1.28 bits per heavy atom. The zero-order valence-corrected chi connectivity index (χ0v) is 22.7. The Labute approximate surface area is 218 Å². The van der Waals surface area contributed by atoms with Crippen LogP contribution in [0.5, 0.6) is 5.75 Å². The topological polar surface area (TPSA) is 18.5 Å². The average Bonchev–Trinajstić information content (AvgIpc) is 3.20. The first-order chi connectivity index (χ1) is 17.5. The van der Waals surface area contributed by atoms with Gasteiger partial charge in [0.2, 0.25) is 0 Å². The monoisotopic (exact) mass is 498 g/mol. The van der Waals surface area contributed by atoms with E-state index in [1.54, 1.807) is 0 Å². The third-order valence-corrected chi connectivity index (χ3v) is 12.3. The minimum Gasteiger partial charge on any atom is -0.491 e. The van der Waals surface area contributed by atoms with Crippen molar-refractivity contribution in [2.24, 2.45) is 23.7 Å². The summed E-state index contributed by atoms with van der Waals surface area (Å²) in [6.07, 6.45) is 7.04. The zero-order chi connectivity index (χ0) is 24.4. The molecule has 3 aromatic rings. The second kappa shape index (κ2) is 8.67. The van der Waals surface area contributed by atoms with Gasteiger partial charge in [0, 0.05) is 9.79 Å². The lowest BCUT2D eigenvalue weighted by molar-refractivity contribution is -0.196. The Hall–Kier alpha value is -2.23. The number of thiol groups is 1. The molecule has 1 heterocycles. The highest BCUT2D eigenvalue weighted by molar-refractivity contribution is 8.17. The first kappa shape index (κ1) is 22.9. The number of hydrogen-bond acceptors (Lipinski definition) is 2. The van der Waals surface area contributed by atoms with Gasteiger partial charge in [0.05, 0.1) is 12.2 Å². The van der Waals surface area contributed by atoms with E-state index in [-0.39, 0.29) is 5.60 Å². The summed E-state index contributed by atoms with van der Waals surface area (Å²) in [4.78, 5) is 4.36. The molecule has 4 fully saturated rings. The van der Waals surface area contributed by atoms with Crippen molar-refractivity contribution in [3.63, 3.8) is 0 Å². The number of hydrogen-bond donors (Lipinski definition) is 1. The second-order valence-corrected chi connectivity index (χ2v) is 14.1. The van der Waals surface area contributed by atoms with Crippen molar-refractivity contribution in [1.82, 2.24) is 0 Å². The van der Waals surface area contributed by atoms with E-state index in [9.17, 15) is 0 Å². The van der Waals surface area contributed by atoms with Crippen LogP contribution in [0.1, 0.15) is 50.2 Å². The third kappa shape index (κ3) is 3.57. The van der Waals surface area contributed by atoms with Crippen LogP contribution in [0.25, 0.3) is 11.1 Å². The van der Waals surface area contributed by atoms with E-state index >= 15 is 0 Å². The van der Waals surface area contributed by atoms with E-state index in [2.05, 4.69) is 81.4 Å². The lowest BCUT2D eigenvalue weighted by Crippen LogP contribution is -2.57. The second-order valence-electron chi connectivity index (χ2n) is 12.0. The van der Waals surface area contributed by atoms with Gasteiger partial charge in [-0.25, -0.2) is 0 Å². The van der Waals surface area contributed by atoms with Gasteiger partial charge in [-0.05, 0) is 128 Å². The standard InChI is InChI=1S/C33H38O2S/c1-21-14-27(36-30-10-6-4-8-28(30)29-9-5-7-11-31(29)36)15-22(2)32(21)34-12-13-35-33(3)25-17-23-16-24(19-25)20-26(33)18-23/h4-11,14-15,23-26,36H,12-13,16-20H2,1-3H3. The summed E-state index contributed by atoms with van der Waals surface area (Å²) in [6, 6.07) is 22.6. The Morgan fingerprint density at radius 1 is 0.750 bits per heavy atom. The summed E-state index contributed by atoms with van der Waals surface area (Å²) in [5.74, 6) is 4.51. The molecule has 4 bridgehead atoms. The quantitative estimate of drug-likeness (QED) is 0.213. The van der Waals surface area contributed by atoms with Gasteiger partial charge in [0.25, 0.3) is 0 Å². The third-order valence-electron chi connectivity index (χ3n) is 9.79. The molecule has 1 aliphatic heterocycles. The van der Waals surface area contributed by atoms with Gasteiger partial charge in [-0.1, -0.05) is 36.4 Å². The molecule has 0 amide bonds. The lowest BCUT2D eigenvalue weighted by Gasteiger charge is -2.59. The summed E-state index contributed by atoms with van der Waals surface area (Å²) in [6.45, 7) is 8.13. The minimum atomic E-state index is -0.534. The van der Waals surface area contributed by atoms with Gasteiger partial charge in [0.1, 0.15) is 12.4 Å². The highest BCUT2D eigenvalue weighted by Gasteiger charge is 2.55. The molecular formula is C33H38O2S. The van der Waals surface area contributed by atoms with Crippen molar-refractivity contribution in [2.45, 2.75) is 73.2 Å². The largest absolute Gasteiger partial charge is 0.491 e. The molecule has 8 rings (SSSR count). The summed E-state index contributed by atoms with van der Waals surface area (Å²) in [7, 11) is -0.534. The van der Waals surface area contributed by atoms with Crippen LogP contribution in [0.2, 0.25) is 0 Å². The molecule has 2 nitrogen and oxygen atoms in total. The Bertz CT molecular complexity index is 1210. The molecule has 4 saturated carbocycles. The molecular weight excluding hydrogens is 460 g/mol. The van der Waals surface area contributed by atoms with E-state index < -0.39 is 10.9 Å². The SMILES string of the molecule is Cc1cc([SH]2c3ccccc3-c3ccccc32)cc(C)c1OCCOC1(C)C2CC3CC(C2)CC1C3. The van der Waals surface area contributed by atoms with Gasteiger partial charge < -0.3 is 9.47 Å². The Balaban J connectivity index is 1.07. The smallest absolute Gasteiger partial charge is 0.125 e. The summed E-state index contributed by atoms with van der Waals surface area (Å²) in [5.41, 5.74) is 5.32. The molecule has 0 N–H and O–H groups in total. The first-order valence-corrected chi connectivity index (χ1v) is 15.2. The average molecular weight is 499 g/mol. The van der Waals surface area contributed by atoms with Crippen LogP contribution in [-0.4, -0.2) is 18.8 Å². The minimum absolute atomic E-state index is 0.0661. The van der Waals surface area contributed by atoms with Crippen molar-refractivity contribution in [3.05, 3.63) is 71.8 Å². The molecule has 0 aromatic heterocycles. The molecule has 3 heteroatoms. The Kier molecular flexibility index (Phi) is 5.52. The van der Waals surface area contributed by atoms with Crippen molar-refractivity contribution in [3.8, 4) is 16.9 Å². The van der Waals surface area contributed by atoms with E-state index in [4.69, 9.17) is 9.47 Å². The zero-order valence-electron chi connectivity index (χ0n) is 21.8. The van der Waals surface area contributed by atoms with Crippen molar-refractivity contribution in [2.75, 3.05) is 13.2 Å². The van der Waals surface area contributed by atoms with Crippen LogP contribution < -0.4 is 4.74 Å². The summed E-state index contributed by atoms with van der Waals surface area (Å²) in [5, 5.41) is 0. The lowest BCUT2D eigenvalue weighted by atomic mass is 9.50. The van der Waals surface area contributed by atoms with Crippen LogP contribution in [0.15, 0.2) is 75.4 Å². The molecule has 0 atom stereocenters. The first-order valence-electron chi connectivity index (χ1n) is 13.9. The fourth-order valence-corrected chi connectivity index (χ4v) is 11.0. The normalized spacial score (nSPS) is 30.4. The van der Waals surface area contributed by atoms with E-state index in [0.29, 0.717) is 13.2 Å². The maximum absolute atomic E-state index is 6.67. The maximum Gasteiger partial charge on any atom is 0.125 e. The van der Waals surface area contributed by atoms with Gasteiger partial charge >= 0.3 is 0 Å². The predicted molar refractivity (Wildman–Crippen MR) is 148 cm³/mol. The van der Waals surface area contributed by atoms with Crippen LogP contribution in [0.3, 0.4) is 0 Å². The molecule has 0 spiro atoms. The molecule has 4 aliphatic carbocycles. The van der Waals surface area contributed by atoms with Gasteiger partial charge in [-0.15, -0.1) is 0 Å². The molecule has 0 saturated heterocycles. The predicted octanol–water partition coefficient (Wildman–Crippen LogP) is 8.37. The summed E-state index contributed by atoms with van der Waals surface area (Å²) >= 11 is 0. The molecule has 36 heavy (non-hydrogen) atoms. The molecule has 3 aromatic carbocycles. The Morgan fingerprint density at radius 3 is 1.83 bits per heavy atom. The number of benzene rings is 3. The molecule has 0 unspecified atom stereocenters. The molecule has 0 radical (unpaired) electrons. The van der Waals surface area contributed by atoms with Crippen molar-refractivity contribution in [1.29, 1.82) is 0 Å². The molecule has 188 valence electrons. The van der Waals surface area contributed by atoms with Gasteiger partial charge in [-0.3, -0.25) is 0 Å². The number of aryl methyl sites for hydroxylation is 2. The summed E-state index contributed by atoms with van der Waals surface area (Å²) < 4.78 is 13.1. The van der Waals surface area contributed by atoms with E-state index in [1.807, 2.05) is 0 Å². The van der Waals surface area contributed by atoms with Crippen LogP contribution in [-0.2, 0) is 4.74 Å². The van der Waals surface area contributed by atoms with Crippen LogP contribution in [0, 0.1) is 37.5 Å². The van der Waals surface area contributed by atoms with Crippen LogP contribution >= 0.6 is 10.9 Å². The number of rotatable bonds is 6. The van der Waals surface area contributed by atoms with E-state index in [0.717, 1.165) is 29.4 Å². The van der Waals surface area contributed by atoms with Gasteiger partial charge in [-0.2, -0.15) is 10.9 Å². The van der Waals surface area contributed by atoms with E-state index in [1.165, 1.54) is 69.0 Å². The fraction of sp³-hybridized carbons (Fsp3) is 0.455. The van der Waals surface area contributed by atoms with Crippen molar-refractivity contribution < 1.29 is 9.47 Å². The maximum atomic E-state index is 6.67. The number of ether oxygens (including phenoxy) is 2. The van der Waals surface area contributed by atoms with Crippen molar-refractivity contribution >= 4 is 10.9 Å². The highest BCUT2D eigenvalue weighted by Crippen LogP contribution is 2.63. The molecule has 5 aliphatic rings. The number of fused-ring (bicyclic) bond motifs is 3. The fourth-order valence-electron chi connectivity index (χ4n) is 8.25. The van der Waals surface area contributed by atoms with Crippen LogP contribution in [0.4, 0.5) is 0 Å².